The maximum Gasteiger partial charge on any atom is 0.270 e. The van der Waals surface area contributed by atoms with E-state index in [1.165, 1.54) is 12.1 Å². The lowest BCUT2D eigenvalue weighted by atomic mass is 10.0. The number of nitro groups is 1. The summed E-state index contributed by atoms with van der Waals surface area (Å²) in [6.07, 6.45) is 1.69. The van der Waals surface area contributed by atoms with Crippen LogP contribution in [0.5, 0.6) is 11.5 Å². The summed E-state index contributed by atoms with van der Waals surface area (Å²) in [5.74, 6) is 1.21. The minimum absolute atomic E-state index is 0.0621. The Labute approximate surface area is 194 Å². The van der Waals surface area contributed by atoms with Gasteiger partial charge in [0, 0.05) is 12.1 Å². The normalized spacial score (nSPS) is 10.9. The average Bonchev–Trinajstić information content (AvgIpc) is 2.78. The minimum Gasteiger partial charge on any atom is -0.490 e. The third kappa shape index (κ3) is 5.83. The first-order chi connectivity index (χ1) is 15.0. The van der Waals surface area contributed by atoms with Crippen molar-refractivity contribution >= 4 is 39.9 Å². The van der Waals surface area contributed by atoms with Gasteiger partial charge in [-0.15, -0.1) is 0 Å². The molecule has 0 unspecified atom stereocenters. The van der Waals surface area contributed by atoms with Gasteiger partial charge in [-0.05, 0) is 64.4 Å². The summed E-state index contributed by atoms with van der Waals surface area (Å²) in [5.41, 5.74) is 2.52. The third-order valence-electron chi connectivity index (χ3n) is 4.36. The Hall–Kier alpha value is -3.38. The first kappa shape index (κ1) is 22.3. The number of allylic oxidation sites excluding steroid dienone is 1. The molecule has 0 fully saturated rings. The number of nitrogens with zero attached hydrogens (tertiary/aromatic N) is 2. The summed E-state index contributed by atoms with van der Waals surface area (Å²) in [6.45, 7) is 2.75. The number of hydrogen-bond acceptors (Lipinski definition) is 5. The lowest BCUT2D eigenvalue weighted by Crippen LogP contribution is -2.02. The average molecular weight is 526 g/mol. The molecule has 0 saturated heterocycles. The smallest absolute Gasteiger partial charge is 0.270 e. The fourth-order valence-corrected chi connectivity index (χ4v) is 3.72. The van der Waals surface area contributed by atoms with E-state index in [1.807, 2.05) is 43.3 Å². The molecule has 0 heterocycles. The third-order valence-corrected chi connectivity index (χ3v) is 5.16. The summed E-state index contributed by atoms with van der Waals surface area (Å²) in [4.78, 5) is 10.6. The summed E-state index contributed by atoms with van der Waals surface area (Å²) in [7, 11) is 0. The Morgan fingerprint density at radius 3 is 2.58 bits per heavy atom. The van der Waals surface area contributed by atoms with Crippen LogP contribution in [0.3, 0.4) is 0 Å². The molecular weight excluding hydrogens is 507 g/mol. The van der Waals surface area contributed by atoms with Gasteiger partial charge >= 0.3 is 0 Å². The molecule has 0 amide bonds. The molecule has 0 radical (unpaired) electrons. The highest BCUT2D eigenvalue weighted by atomic mass is 127. The van der Waals surface area contributed by atoms with Gasteiger partial charge in [-0.3, -0.25) is 10.1 Å². The van der Waals surface area contributed by atoms with Crippen LogP contribution >= 0.6 is 22.6 Å². The van der Waals surface area contributed by atoms with Gasteiger partial charge in [0.25, 0.3) is 5.69 Å². The maximum atomic E-state index is 11.1. The number of benzene rings is 3. The minimum atomic E-state index is -0.479. The van der Waals surface area contributed by atoms with Crippen LogP contribution in [-0.2, 0) is 6.61 Å². The Kier molecular flexibility index (Phi) is 7.62. The molecule has 0 aromatic heterocycles. The van der Waals surface area contributed by atoms with Gasteiger partial charge in [-0.25, -0.2) is 0 Å². The molecule has 7 heteroatoms. The number of nitriles is 1. The second-order valence-corrected chi connectivity index (χ2v) is 7.68. The molecule has 3 aromatic carbocycles. The molecule has 156 valence electrons. The van der Waals surface area contributed by atoms with E-state index in [-0.39, 0.29) is 5.69 Å². The highest BCUT2D eigenvalue weighted by Gasteiger charge is 2.14. The fraction of sp³-hybridized carbons (Fsp3) is 0.125. The van der Waals surface area contributed by atoms with E-state index in [0.717, 1.165) is 14.7 Å². The van der Waals surface area contributed by atoms with Crippen LogP contribution in [0.1, 0.15) is 23.6 Å². The van der Waals surface area contributed by atoms with Crippen molar-refractivity contribution < 1.29 is 14.4 Å². The van der Waals surface area contributed by atoms with E-state index in [4.69, 9.17) is 9.47 Å². The first-order valence-corrected chi connectivity index (χ1v) is 10.6. The molecule has 31 heavy (non-hydrogen) atoms. The Morgan fingerprint density at radius 1 is 1.13 bits per heavy atom. The van der Waals surface area contributed by atoms with Crippen molar-refractivity contribution in [3.63, 3.8) is 0 Å². The molecule has 0 aliphatic rings. The van der Waals surface area contributed by atoms with Crippen molar-refractivity contribution in [2.75, 3.05) is 6.61 Å². The van der Waals surface area contributed by atoms with E-state index >= 15 is 0 Å². The van der Waals surface area contributed by atoms with Crippen molar-refractivity contribution in [3.05, 3.63) is 97.1 Å². The second kappa shape index (κ2) is 10.6. The van der Waals surface area contributed by atoms with Gasteiger partial charge in [0.05, 0.1) is 26.7 Å². The molecule has 0 aliphatic carbocycles. The van der Waals surface area contributed by atoms with Crippen LogP contribution in [0, 0.1) is 25.0 Å². The van der Waals surface area contributed by atoms with Crippen molar-refractivity contribution in [3.8, 4) is 17.6 Å². The Morgan fingerprint density at radius 2 is 1.90 bits per heavy atom. The molecule has 0 N–H and O–H groups in total. The molecule has 0 bridgehead atoms. The topological polar surface area (TPSA) is 85.4 Å². The predicted octanol–water partition coefficient (Wildman–Crippen LogP) is 6.24. The van der Waals surface area contributed by atoms with Crippen LogP contribution in [0.4, 0.5) is 5.69 Å². The lowest BCUT2D eigenvalue weighted by molar-refractivity contribution is -0.384. The molecule has 0 spiro atoms. The maximum absolute atomic E-state index is 11.1. The van der Waals surface area contributed by atoms with Crippen molar-refractivity contribution in [1.29, 1.82) is 5.26 Å². The van der Waals surface area contributed by atoms with Gasteiger partial charge in [0.2, 0.25) is 0 Å². The zero-order valence-corrected chi connectivity index (χ0v) is 18.9. The predicted molar refractivity (Wildman–Crippen MR) is 128 cm³/mol. The van der Waals surface area contributed by atoms with Crippen LogP contribution in [-0.4, -0.2) is 11.5 Å². The second-order valence-electron chi connectivity index (χ2n) is 6.51. The van der Waals surface area contributed by atoms with Gasteiger partial charge in [-0.2, -0.15) is 5.26 Å². The number of hydrogen-bond donors (Lipinski definition) is 0. The summed E-state index contributed by atoms with van der Waals surface area (Å²) in [5, 5.41) is 20.7. The SMILES string of the molecule is CCOc1cc(/C=C(/C#N)c2cccc([N+](=O)[O-])c2)cc(I)c1OCc1ccccc1. The van der Waals surface area contributed by atoms with Crippen molar-refractivity contribution in [2.24, 2.45) is 0 Å². The highest BCUT2D eigenvalue weighted by molar-refractivity contribution is 14.1. The number of rotatable bonds is 8. The standard InChI is InChI=1S/C24H19IN2O4/c1-2-30-23-13-18(11-20(15-26)19-9-6-10-21(14-19)27(28)29)12-22(25)24(23)31-16-17-7-4-3-5-8-17/h3-14H,2,16H2,1H3/b20-11-. The molecule has 3 rings (SSSR count). The molecule has 3 aromatic rings. The fourth-order valence-electron chi connectivity index (χ4n) is 2.94. The molecule has 0 saturated carbocycles. The van der Waals surface area contributed by atoms with Gasteiger partial charge in [0.1, 0.15) is 6.61 Å². The Balaban J connectivity index is 1.94. The molecular formula is C24H19IN2O4. The lowest BCUT2D eigenvalue weighted by Gasteiger charge is -2.15. The molecule has 0 aliphatic heterocycles. The number of halogens is 1. The summed E-state index contributed by atoms with van der Waals surface area (Å²) in [6, 6.07) is 21.7. The van der Waals surface area contributed by atoms with E-state index in [9.17, 15) is 15.4 Å². The van der Waals surface area contributed by atoms with Gasteiger partial charge < -0.3 is 9.47 Å². The number of ether oxygens (including phenoxy) is 2. The largest absolute Gasteiger partial charge is 0.490 e. The van der Waals surface area contributed by atoms with Crippen molar-refractivity contribution in [2.45, 2.75) is 13.5 Å². The number of non-ortho nitro benzene ring substituents is 1. The zero-order chi connectivity index (χ0) is 22.2. The van der Waals surface area contributed by atoms with Crippen LogP contribution in [0.25, 0.3) is 11.6 Å². The monoisotopic (exact) mass is 526 g/mol. The van der Waals surface area contributed by atoms with Crippen LogP contribution < -0.4 is 9.47 Å². The van der Waals surface area contributed by atoms with E-state index in [0.29, 0.717) is 35.8 Å². The summed E-state index contributed by atoms with van der Waals surface area (Å²) >= 11 is 2.18. The molecule has 0 atom stereocenters. The van der Waals surface area contributed by atoms with E-state index in [1.54, 1.807) is 24.3 Å². The van der Waals surface area contributed by atoms with E-state index in [2.05, 4.69) is 28.7 Å². The highest BCUT2D eigenvalue weighted by Crippen LogP contribution is 2.36. The molecule has 6 nitrogen and oxygen atoms in total. The van der Waals surface area contributed by atoms with Gasteiger partial charge in [0.15, 0.2) is 11.5 Å². The van der Waals surface area contributed by atoms with Crippen LogP contribution in [0.2, 0.25) is 0 Å². The Bertz CT molecular complexity index is 1150. The van der Waals surface area contributed by atoms with Gasteiger partial charge in [-0.1, -0.05) is 42.5 Å². The zero-order valence-electron chi connectivity index (χ0n) is 16.7. The summed E-state index contributed by atoms with van der Waals surface area (Å²) < 4.78 is 12.6. The van der Waals surface area contributed by atoms with Crippen LogP contribution in [0.15, 0.2) is 66.7 Å². The quantitative estimate of drug-likeness (QED) is 0.114. The number of nitro benzene ring substituents is 1. The first-order valence-electron chi connectivity index (χ1n) is 9.51. The van der Waals surface area contributed by atoms with E-state index < -0.39 is 4.92 Å². The van der Waals surface area contributed by atoms with Crippen molar-refractivity contribution in [1.82, 2.24) is 0 Å².